The largest absolute Gasteiger partial charge is 0.357 e. The Bertz CT molecular complexity index is 758. The molecule has 5 heteroatoms. The van der Waals surface area contributed by atoms with Gasteiger partial charge in [0, 0.05) is 24.8 Å². The molecule has 4 rings (SSSR count). The first-order chi connectivity index (χ1) is 11.3. The Morgan fingerprint density at radius 3 is 2.65 bits per heavy atom. The first-order valence-electron chi connectivity index (χ1n) is 7.96. The Labute approximate surface area is 138 Å². The smallest absolute Gasteiger partial charge is 0.128 e. The molecule has 0 atom stereocenters. The maximum atomic E-state index is 12.7. The predicted molar refractivity (Wildman–Crippen MR) is 93.8 cm³/mol. The summed E-state index contributed by atoms with van der Waals surface area (Å²) >= 11 is 1.69. The van der Waals surface area contributed by atoms with Crippen molar-refractivity contribution in [1.29, 1.82) is 0 Å². The maximum Gasteiger partial charge on any atom is 0.128 e. The van der Waals surface area contributed by atoms with Crippen molar-refractivity contribution in [3.63, 3.8) is 0 Å². The number of piperidine rings is 1. The average molecular weight is 327 g/mol. The number of nitrogens with zero attached hydrogens (tertiary/aromatic N) is 3. The van der Waals surface area contributed by atoms with Crippen LogP contribution < -0.4 is 4.90 Å². The van der Waals surface area contributed by atoms with Crippen LogP contribution in [0.5, 0.6) is 0 Å². The SMILES string of the molecule is FCC1CCN(c2ccc(-c3nc4ccccc4s3)cn2)CC1. The van der Waals surface area contributed by atoms with Crippen LogP contribution in [0.15, 0.2) is 42.6 Å². The number of para-hydroxylation sites is 1. The second kappa shape index (κ2) is 6.24. The summed E-state index contributed by atoms with van der Waals surface area (Å²) in [6.45, 7) is 1.59. The Morgan fingerprint density at radius 2 is 1.96 bits per heavy atom. The second-order valence-electron chi connectivity index (χ2n) is 5.98. The van der Waals surface area contributed by atoms with Crippen LogP contribution >= 0.6 is 11.3 Å². The van der Waals surface area contributed by atoms with Gasteiger partial charge in [-0.25, -0.2) is 9.97 Å². The Morgan fingerprint density at radius 1 is 1.13 bits per heavy atom. The molecule has 3 nitrogen and oxygen atoms in total. The second-order valence-corrected chi connectivity index (χ2v) is 7.01. The van der Waals surface area contributed by atoms with Gasteiger partial charge < -0.3 is 4.90 Å². The van der Waals surface area contributed by atoms with E-state index in [9.17, 15) is 4.39 Å². The number of rotatable bonds is 3. The van der Waals surface area contributed by atoms with Gasteiger partial charge in [0.15, 0.2) is 0 Å². The van der Waals surface area contributed by atoms with Crippen LogP contribution in [0.4, 0.5) is 10.2 Å². The molecule has 0 unspecified atom stereocenters. The van der Waals surface area contributed by atoms with Crippen LogP contribution in [0, 0.1) is 5.92 Å². The zero-order valence-electron chi connectivity index (χ0n) is 12.8. The van der Waals surface area contributed by atoms with E-state index >= 15 is 0 Å². The van der Waals surface area contributed by atoms with E-state index in [1.165, 1.54) is 4.70 Å². The van der Waals surface area contributed by atoms with Gasteiger partial charge in [-0.05, 0) is 43.0 Å². The molecule has 0 spiro atoms. The summed E-state index contributed by atoms with van der Waals surface area (Å²) < 4.78 is 13.9. The first-order valence-corrected chi connectivity index (χ1v) is 8.78. The third-order valence-corrected chi connectivity index (χ3v) is 5.53. The minimum atomic E-state index is -0.197. The summed E-state index contributed by atoms with van der Waals surface area (Å²) in [6, 6.07) is 12.3. The molecular weight excluding hydrogens is 309 g/mol. The van der Waals surface area contributed by atoms with Crippen molar-refractivity contribution >= 4 is 27.4 Å². The van der Waals surface area contributed by atoms with E-state index in [0.717, 1.165) is 47.8 Å². The number of thiazole rings is 1. The molecule has 3 aromatic rings. The Hall–Kier alpha value is -2.01. The fourth-order valence-electron chi connectivity index (χ4n) is 3.01. The van der Waals surface area contributed by atoms with E-state index < -0.39 is 0 Å². The summed E-state index contributed by atoms with van der Waals surface area (Å²) in [7, 11) is 0. The van der Waals surface area contributed by atoms with Crippen molar-refractivity contribution in [3.8, 4) is 10.6 Å². The highest BCUT2D eigenvalue weighted by molar-refractivity contribution is 7.21. The summed E-state index contributed by atoms with van der Waals surface area (Å²) in [6.07, 6.45) is 3.73. The lowest BCUT2D eigenvalue weighted by Gasteiger charge is -2.31. The number of benzene rings is 1. The molecule has 2 aromatic heterocycles. The molecule has 3 heterocycles. The molecule has 0 N–H and O–H groups in total. The van der Waals surface area contributed by atoms with Crippen molar-refractivity contribution in [2.75, 3.05) is 24.7 Å². The molecule has 23 heavy (non-hydrogen) atoms. The van der Waals surface area contributed by atoms with E-state index in [2.05, 4.69) is 33.1 Å². The van der Waals surface area contributed by atoms with Crippen LogP contribution in [-0.2, 0) is 0 Å². The molecule has 0 amide bonds. The summed E-state index contributed by atoms with van der Waals surface area (Å²) in [5.74, 6) is 1.21. The summed E-state index contributed by atoms with van der Waals surface area (Å²) in [4.78, 5) is 11.5. The minimum absolute atomic E-state index is 0.197. The predicted octanol–water partition coefficient (Wildman–Crippen LogP) is 4.54. The summed E-state index contributed by atoms with van der Waals surface area (Å²) in [5, 5.41) is 1.00. The molecule has 1 aromatic carbocycles. The molecular formula is C18H18FN3S. The molecule has 0 bridgehead atoms. The number of hydrogen-bond acceptors (Lipinski definition) is 4. The van der Waals surface area contributed by atoms with Gasteiger partial charge in [-0.3, -0.25) is 4.39 Å². The highest BCUT2D eigenvalue weighted by atomic mass is 32.1. The van der Waals surface area contributed by atoms with Crippen molar-refractivity contribution in [2.24, 2.45) is 5.92 Å². The van der Waals surface area contributed by atoms with Crippen LogP contribution in [0.25, 0.3) is 20.8 Å². The zero-order chi connectivity index (χ0) is 15.6. The standard InChI is InChI=1S/C18H18FN3S/c19-11-13-7-9-22(10-8-13)17-6-5-14(12-20-17)18-21-15-3-1-2-4-16(15)23-18/h1-6,12-13H,7-11H2. The number of anilines is 1. The zero-order valence-corrected chi connectivity index (χ0v) is 13.6. The number of hydrogen-bond donors (Lipinski definition) is 0. The third kappa shape index (κ3) is 2.93. The minimum Gasteiger partial charge on any atom is -0.357 e. The van der Waals surface area contributed by atoms with Gasteiger partial charge in [-0.15, -0.1) is 11.3 Å². The van der Waals surface area contributed by atoms with Crippen LogP contribution in [0.1, 0.15) is 12.8 Å². The highest BCUT2D eigenvalue weighted by Crippen LogP contribution is 2.30. The monoisotopic (exact) mass is 327 g/mol. The van der Waals surface area contributed by atoms with Crippen LogP contribution in [-0.4, -0.2) is 29.7 Å². The molecule has 0 radical (unpaired) electrons. The van der Waals surface area contributed by atoms with Gasteiger partial charge in [0.05, 0.1) is 16.9 Å². The number of pyridine rings is 1. The lowest BCUT2D eigenvalue weighted by Crippen LogP contribution is -2.34. The Kier molecular flexibility index (Phi) is 3.95. The van der Waals surface area contributed by atoms with Crippen molar-refractivity contribution in [3.05, 3.63) is 42.6 Å². The molecule has 1 fully saturated rings. The van der Waals surface area contributed by atoms with E-state index in [1.54, 1.807) is 11.3 Å². The van der Waals surface area contributed by atoms with Crippen molar-refractivity contribution < 1.29 is 4.39 Å². The highest BCUT2D eigenvalue weighted by Gasteiger charge is 2.20. The van der Waals surface area contributed by atoms with Gasteiger partial charge in [0.2, 0.25) is 0 Å². The van der Waals surface area contributed by atoms with E-state index in [0.29, 0.717) is 0 Å². The van der Waals surface area contributed by atoms with Crippen molar-refractivity contribution in [2.45, 2.75) is 12.8 Å². The molecule has 118 valence electrons. The number of alkyl halides is 1. The van der Waals surface area contributed by atoms with Gasteiger partial charge in [0.1, 0.15) is 10.8 Å². The number of fused-ring (bicyclic) bond motifs is 1. The summed E-state index contributed by atoms with van der Waals surface area (Å²) in [5.41, 5.74) is 2.08. The van der Waals surface area contributed by atoms with Crippen molar-refractivity contribution in [1.82, 2.24) is 9.97 Å². The molecule has 0 aliphatic carbocycles. The maximum absolute atomic E-state index is 12.7. The Balaban J connectivity index is 1.54. The topological polar surface area (TPSA) is 29.0 Å². The van der Waals surface area contributed by atoms with Gasteiger partial charge in [-0.1, -0.05) is 12.1 Å². The lowest BCUT2D eigenvalue weighted by molar-refractivity contribution is 0.307. The van der Waals surface area contributed by atoms with E-state index in [-0.39, 0.29) is 12.6 Å². The fourth-order valence-corrected chi connectivity index (χ4v) is 3.97. The van der Waals surface area contributed by atoms with Crippen LogP contribution in [0.3, 0.4) is 0 Å². The van der Waals surface area contributed by atoms with Gasteiger partial charge in [0.25, 0.3) is 0 Å². The van der Waals surface area contributed by atoms with Gasteiger partial charge >= 0.3 is 0 Å². The van der Waals surface area contributed by atoms with E-state index in [4.69, 9.17) is 0 Å². The lowest BCUT2D eigenvalue weighted by atomic mass is 9.98. The first kappa shape index (κ1) is 14.6. The number of aromatic nitrogens is 2. The normalized spacial score (nSPS) is 16.1. The molecule has 1 aliphatic heterocycles. The molecule has 0 saturated carbocycles. The van der Waals surface area contributed by atoms with Gasteiger partial charge in [-0.2, -0.15) is 0 Å². The molecule has 1 aliphatic rings. The quantitative estimate of drug-likeness (QED) is 0.707. The van der Waals surface area contributed by atoms with E-state index in [1.807, 2.05) is 24.4 Å². The fraction of sp³-hybridized carbons (Fsp3) is 0.333. The number of halogens is 1. The average Bonchev–Trinajstić information content (AvgIpc) is 3.06. The molecule has 1 saturated heterocycles. The third-order valence-electron chi connectivity index (χ3n) is 4.45. The van der Waals surface area contributed by atoms with Crippen LogP contribution in [0.2, 0.25) is 0 Å².